The van der Waals surface area contributed by atoms with Crippen LogP contribution in [-0.2, 0) is 17.3 Å². The summed E-state index contributed by atoms with van der Waals surface area (Å²) in [6, 6.07) is 1.47. The quantitative estimate of drug-likeness (QED) is 0.804. The van der Waals surface area contributed by atoms with Crippen LogP contribution in [0.5, 0.6) is 0 Å². The third-order valence-electron chi connectivity index (χ3n) is 4.84. The smallest absolute Gasteiger partial charge is 0.444 e. The number of carbonyl (C=O) groups excluding carboxylic acids is 1. The maximum Gasteiger partial charge on any atom is 0.451 e. The molecule has 1 saturated carbocycles. The van der Waals surface area contributed by atoms with E-state index >= 15 is 0 Å². The second kappa shape index (κ2) is 6.70. The Kier molecular flexibility index (Phi) is 4.88. The molecule has 0 aromatic carbocycles. The van der Waals surface area contributed by atoms with Crippen molar-refractivity contribution in [1.29, 1.82) is 0 Å². The van der Waals surface area contributed by atoms with Crippen LogP contribution < -0.4 is 0 Å². The molecule has 1 aromatic rings. The van der Waals surface area contributed by atoms with Crippen LogP contribution in [0.15, 0.2) is 12.3 Å². The molecule has 0 spiro atoms. The van der Waals surface area contributed by atoms with E-state index in [0.717, 1.165) is 19.0 Å². The second-order valence-electron chi connectivity index (χ2n) is 8.19. The Labute approximate surface area is 150 Å². The number of piperidine rings is 1. The predicted octanol–water partition coefficient (Wildman–Crippen LogP) is 4.07. The average molecular weight is 371 g/mol. The van der Waals surface area contributed by atoms with Crippen LogP contribution in [-0.4, -0.2) is 39.1 Å². The van der Waals surface area contributed by atoms with Gasteiger partial charge in [-0.3, -0.25) is 0 Å². The van der Waals surface area contributed by atoms with Crippen LogP contribution in [0.3, 0.4) is 0 Å². The fourth-order valence-corrected chi connectivity index (χ4v) is 3.51. The molecule has 2 heterocycles. The first kappa shape index (κ1) is 18.9. The van der Waals surface area contributed by atoms with Gasteiger partial charge >= 0.3 is 12.3 Å². The lowest BCUT2D eigenvalue weighted by atomic mass is 9.97. The van der Waals surface area contributed by atoms with Gasteiger partial charge in [-0.1, -0.05) is 0 Å². The van der Waals surface area contributed by atoms with Gasteiger partial charge in [-0.05, 0) is 64.4 Å². The summed E-state index contributed by atoms with van der Waals surface area (Å²) in [7, 11) is 0. The number of likely N-dealkylation sites (tertiary alicyclic amines) is 1. The van der Waals surface area contributed by atoms with Crippen molar-refractivity contribution in [3.63, 3.8) is 0 Å². The Bertz CT molecular complexity index is 672. The lowest BCUT2D eigenvalue weighted by Crippen LogP contribution is -2.47. The average Bonchev–Trinajstić information content (AvgIpc) is 3.28. The Balaban J connectivity index is 1.66. The maximum atomic E-state index is 12.8. The molecule has 1 aromatic heterocycles. The van der Waals surface area contributed by atoms with Gasteiger partial charge in [0, 0.05) is 24.5 Å². The van der Waals surface area contributed by atoms with Crippen LogP contribution in [0.1, 0.15) is 51.6 Å². The highest BCUT2D eigenvalue weighted by molar-refractivity contribution is 5.69. The van der Waals surface area contributed by atoms with E-state index in [0.29, 0.717) is 36.9 Å². The number of carbonyl (C=O) groups is 1. The van der Waals surface area contributed by atoms with Crippen molar-refractivity contribution in [3.05, 3.63) is 23.8 Å². The number of aromatic nitrogens is 2. The summed E-state index contributed by atoms with van der Waals surface area (Å²) < 4.78 is 43.8. The van der Waals surface area contributed by atoms with Gasteiger partial charge in [-0.25, -0.2) is 14.8 Å². The third-order valence-corrected chi connectivity index (χ3v) is 4.84. The molecule has 8 heteroatoms. The number of aryl methyl sites for hydroxylation is 1. The molecule has 1 amide bonds. The van der Waals surface area contributed by atoms with E-state index in [9.17, 15) is 18.0 Å². The molecular weight excluding hydrogens is 347 g/mol. The monoisotopic (exact) mass is 371 g/mol. The van der Waals surface area contributed by atoms with Crippen molar-refractivity contribution in [2.45, 2.75) is 64.3 Å². The molecule has 144 valence electrons. The number of alkyl halides is 3. The molecule has 26 heavy (non-hydrogen) atoms. The molecule has 0 bridgehead atoms. The molecule has 2 aliphatic rings. The summed E-state index contributed by atoms with van der Waals surface area (Å²) >= 11 is 0. The number of hydrogen-bond acceptors (Lipinski definition) is 4. The molecule has 2 fully saturated rings. The van der Waals surface area contributed by atoms with Crippen LogP contribution in [0, 0.1) is 11.8 Å². The van der Waals surface area contributed by atoms with E-state index in [2.05, 4.69) is 9.97 Å². The van der Waals surface area contributed by atoms with E-state index in [1.165, 1.54) is 6.07 Å². The van der Waals surface area contributed by atoms with Crippen LogP contribution in [0.25, 0.3) is 0 Å². The first-order valence-corrected chi connectivity index (χ1v) is 8.91. The van der Waals surface area contributed by atoms with Crippen molar-refractivity contribution < 1.29 is 22.7 Å². The molecular formula is C18H24F3N3O2. The van der Waals surface area contributed by atoms with E-state index in [1.54, 1.807) is 4.90 Å². The summed E-state index contributed by atoms with van der Waals surface area (Å²) in [5, 5.41) is 0. The van der Waals surface area contributed by atoms with Crippen molar-refractivity contribution in [2.24, 2.45) is 11.8 Å². The summed E-state index contributed by atoms with van der Waals surface area (Å²) in [6.07, 6.45) is -0.836. The van der Waals surface area contributed by atoms with Crippen molar-refractivity contribution >= 4 is 6.09 Å². The first-order chi connectivity index (χ1) is 12.0. The molecule has 1 aliphatic heterocycles. The number of rotatable bonds is 3. The van der Waals surface area contributed by atoms with Crippen molar-refractivity contribution in [1.82, 2.24) is 14.9 Å². The highest BCUT2D eigenvalue weighted by Crippen LogP contribution is 2.48. The zero-order valence-corrected chi connectivity index (χ0v) is 15.2. The Morgan fingerprint density at radius 1 is 1.27 bits per heavy atom. The molecule has 3 unspecified atom stereocenters. The van der Waals surface area contributed by atoms with Gasteiger partial charge in [0.05, 0.1) is 0 Å². The SMILES string of the molecule is CC(C)(C)OC(=O)N1CC2CC2CC1CCc1ccnc(C(F)(F)F)n1. The Morgan fingerprint density at radius 2 is 2.00 bits per heavy atom. The fourth-order valence-electron chi connectivity index (χ4n) is 3.51. The van der Waals surface area contributed by atoms with E-state index in [1.807, 2.05) is 20.8 Å². The van der Waals surface area contributed by atoms with Gasteiger partial charge in [0.15, 0.2) is 0 Å². The standard InChI is InChI=1S/C18H24F3N3O2/c1-17(2,3)26-16(25)24-10-12-8-11(12)9-14(24)5-4-13-6-7-22-15(23-13)18(19,20)21/h6-7,11-12,14H,4-5,8-10H2,1-3H3. The molecule has 3 atom stereocenters. The van der Waals surface area contributed by atoms with E-state index < -0.39 is 17.6 Å². The van der Waals surface area contributed by atoms with Gasteiger partial charge in [0.2, 0.25) is 5.82 Å². The molecule has 1 saturated heterocycles. The number of nitrogens with zero attached hydrogens (tertiary/aromatic N) is 3. The molecule has 5 nitrogen and oxygen atoms in total. The number of hydrogen-bond donors (Lipinski definition) is 0. The lowest BCUT2D eigenvalue weighted by molar-refractivity contribution is -0.145. The van der Waals surface area contributed by atoms with Crippen LogP contribution >= 0.6 is 0 Å². The largest absolute Gasteiger partial charge is 0.451 e. The van der Waals surface area contributed by atoms with Gasteiger partial charge in [0.25, 0.3) is 0 Å². The number of amides is 1. The zero-order chi connectivity index (χ0) is 19.1. The normalized spacial score (nSPS) is 25.6. The van der Waals surface area contributed by atoms with Crippen LogP contribution in [0.4, 0.5) is 18.0 Å². The number of ether oxygens (including phenoxy) is 1. The highest BCUT2D eigenvalue weighted by atomic mass is 19.4. The molecule has 3 rings (SSSR count). The molecule has 1 aliphatic carbocycles. The van der Waals surface area contributed by atoms with Gasteiger partial charge in [-0.2, -0.15) is 13.2 Å². The van der Waals surface area contributed by atoms with Crippen molar-refractivity contribution in [2.75, 3.05) is 6.54 Å². The minimum Gasteiger partial charge on any atom is -0.444 e. The minimum absolute atomic E-state index is 0.0297. The van der Waals surface area contributed by atoms with E-state index in [-0.39, 0.29) is 12.1 Å². The minimum atomic E-state index is -4.55. The fraction of sp³-hybridized carbons (Fsp3) is 0.722. The van der Waals surface area contributed by atoms with Gasteiger partial charge in [0.1, 0.15) is 5.60 Å². The summed E-state index contributed by atoms with van der Waals surface area (Å²) in [5.74, 6) is 0.0365. The van der Waals surface area contributed by atoms with E-state index in [4.69, 9.17) is 4.74 Å². The van der Waals surface area contributed by atoms with Crippen LogP contribution in [0.2, 0.25) is 0 Å². The topological polar surface area (TPSA) is 55.3 Å². The van der Waals surface area contributed by atoms with Crippen molar-refractivity contribution in [3.8, 4) is 0 Å². The molecule has 0 radical (unpaired) electrons. The summed E-state index contributed by atoms with van der Waals surface area (Å²) in [5.41, 5.74) is -0.231. The van der Waals surface area contributed by atoms with Gasteiger partial charge < -0.3 is 9.64 Å². The third kappa shape index (κ3) is 4.65. The van der Waals surface area contributed by atoms with Gasteiger partial charge in [-0.15, -0.1) is 0 Å². The lowest BCUT2D eigenvalue weighted by Gasteiger charge is -2.36. The first-order valence-electron chi connectivity index (χ1n) is 8.91. The highest BCUT2D eigenvalue weighted by Gasteiger charge is 2.47. The summed E-state index contributed by atoms with van der Waals surface area (Å²) in [4.78, 5) is 21.2. The Morgan fingerprint density at radius 3 is 2.65 bits per heavy atom. The predicted molar refractivity (Wildman–Crippen MR) is 88.3 cm³/mol. The number of fused-ring (bicyclic) bond motifs is 1. The second-order valence-corrected chi connectivity index (χ2v) is 8.19. The summed E-state index contributed by atoms with van der Waals surface area (Å²) in [6.45, 7) is 6.14. The number of halogens is 3. The maximum absolute atomic E-state index is 12.8. The molecule has 0 N–H and O–H groups in total. The Hall–Kier alpha value is -1.86. The zero-order valence-electron chi connectivity index (χ0n) is 15.2.